The van der Waals surface area contributed by atoms with Crippen LogP contribution >= 0.6 is 14.7 Å². The van der Waals surface area contributed by atoms with Crippen LogP contribution in [-0.2, 0) is 9.13 Å². The highest BCUT2D eigenvalue weighted by molar-refractivity contribution is 7.67. The molecule has 2 rings (SSSR count). The van der Waals surface area contributed by atoms with Crippen LogP contribution in [0, 0.1) is 13.8 Å². The molecule has 0 fully saturated rings. The lowest BCUT2D eigenvalue weighted by molar-refractivity contribution is 0.480. The SMILES string of the molecule is Cc1ccc(Nc2ccc(C)cc2P(=O)(O)C(C)C)c(P(=O)(O)C(C)C)c1. The van der Waals surface area contributed by atoms with Gasteiger partial charge in [-0.3, -0.25) is 9.13 Å². The van der Waals surface area contributed by atoms with Crippen LogP contribution in [0.5, 0.6) is 0 Å². The van der Waals surface area contributed by atoms with Crippen LogP contribution < -0.4 is 15.9 Å². The highest BCUT2D eigenvalue weighted by atomic mass is 31.2. The van der Waals surface area contributed by atoms with Crippen molar-refractivity contribution in [2.45, 2.75) is 52.9 Å². The maximum absolute atomic E-state index is 12.9. The number of rotatable bonds is 6. The summed E-state index contributed by atoms with van der Waals surface area (Å²) in [4.78, 5) is 21.2. The molecule has 0 amide bonds. The Labute approximate surface area is 161 Å². The van der Waals surface area contributed by atoms with Gasteiger partial charge >= 0.3 is 0 Å². The van der Waals surface area contributed by atoms with Gasteiger partial charge in [0.15, 0.2) is 0 Å². The number of nitrogens with one attached hydrogen (secondary N) is 1. The third kappa shape index (κ3) is 4.55. The number of aryl methyl sites for hydroxylation is 2. The zero-order chi connectivity index (χ0) is 20.6. The van der Waals surface area contributed by atoms with E-state index in [1.807, 2.05) is 26.0 Å². The Morgan fingerprint density at radius 2 is 1.07 bits per heavy atom. The minimum Gasteiger partial charge on any atom is -0.354 e. The lowest BCUT2D eigenvalue weighted by Gasteiger charge is -2.23. The van der Waals surface area contributed by atoms with Gasteiger partial charge in [-0.15, -0.1) is 0 Å². The van der Waals surface area contributed by atoms with Crippen LogP contribution in [0.25, 0.3) is 0 Å². The van der Waals surface area contributed by atoms with Crippen molar-refractivity contribution >= 4 is 36.7 Å². The number of benzene rings is 2. The summed E-state index contributed by atoms with van der Waals surface area (Å²) in [5.74, 6) is 0. The first-order chi connectivity index (χ1) is 12.4. The minimum absolute atomic E-state index is 0.335. The number of hydrogen-bond donors (Lipinski definition) is 3. The zero-order valence-corrected chi connectivity index (χ0v) is 18.5. The fraction of sp³-hybridized carbons (Fsp3) is 0.400. The Kier molecular flexibility index (Phi) is 6.44. The first kappa shape index (κ1) is 21.9. The Balaban J connectivity index is 2.63. The van der Waals surface area contributed by atoms with Gasteiger partial charge in [-0.25, -0.2) is 0 Å². The molecule has 5 nitrogen and oxygen atoms in total. The average molecular weight is 409 g/mol. The van der Waals surface area contributed by atoms with E-state index in [4.69, 9.17) is 0 Å². The molecule has 0 saturated carbocycles. The highest BCUT2D eigenvalue weighted by Gasteiger charge is 2.31. The van der Waals surface area contributed by atoms with Gasteiger partial charge in [0, 0.05) is 11.3 Å². The highest BCUT2D eigenvalue weighted by Crippen LogP contribution is 2.49. The van der Waals surface area contributed by atoms with Gasteiger partial charge in [0.1, 0.15) is 0 Å². The molecule has 2 aromatic rings. The summed E-state index contributed by atoms with van der Waals surface area (Å²) in [6, 6.07) is 10.6. The predicted molar refractivity (Wildman–Crippen MR) is 115 cm³/mol. The van der Waals surface area contributed by atoms with Crippen molar-refractivity contribution in [1.29, 1.82) is 0 Å². The molecule has 0 aromatic heterocycles. The maximum atomic E-state index is 12.9. The third-order valence-electron chi connectivity index (χ3n) is 4.67. The summed E-state index contributed by atoms with van der Waals surface area (Å²) in [5, 5.41) is 3.82. The topological polar surface area (TPSA) is 86.6 Å². The Bertz CT molecular complexity index is 862. The third-order valence-corrected chi connectivity index (χ3v) is 9.59. The van der Waals surface area contributed by atoms with Crippen LogP contribution in [-0.4, -0.2) is 21.1 Å². The van der Waals surface area contributed by atoms with Crippen LogP contribution in [0.2, 0.25) is 0 Å². The second kappa shape index (κ2) is 7.93. The maximum Gasteiger partial charge on any atom is 0.234 e. The molecule has 0 aliphatic carbocycles. The van der Waals surface area contributed by atoms with Crippen molar-refractivity contribution in [3.05, 3.63) is 47.5 Å². The second-order valence-corrected chi connectivity index (χ2v) is 13.1. The van der Waals surface area contributed by atoms with Crippen LogP contribution in [0.1, 0.15) is 38.8 Å². The molecule has 7 heteroatoms. The van der Waals surface area contributed by atoms with E-state index < -0.39 is 26.1 Å². The summed E-state index contributed by atoms with van der Waals surface area (Å²) >= 11 is 0. The van der Waals surface area contributed by atoms with Crippen LogP contribution in [0.15, 0.2) is 36.4 Å². The van der Waals surface area contributed by atoms with Gasteiger partial charge in [0.05, 0.1) is 22.0 Å². The van der Waals surface area contributed by atoms with E-state index in [0.29, 0.717) is 22.0 Å². The average Bonchev–Trinajstić information content (AvgIpc) is 2.57. The van der Waals surface area contributed by atoms with Crippen molar-refractivity contribution in [3.63, 3.8) is 0 Å². The molecular weight excluding hydrogens is 380 g/mol. The first-order valence-electron chi connectivity index (χ1n) is 9.01. The van der Waals surface area contributed by atoms with Crippen molar-refractivity contribution in [3.8, 4) is 0 Å². The molecule has 2 atom stereocenters. The molecule has 3 N–H and O–H groups in total. The molecule has 0 bridgehead atoms. The summed E-state index contributed by atoms with van der Waals surface area (Å²) in [5.41, 5.74) is 1.85. The van der Waals surface area contributed by atoms with E-state index in [1.54, 1.807) is 52.0 Å². The molecule has 0 aliphatic heterocycles. The van der Waals surface area contributed by atoms with Crippen molar-refractivity contribution in [2.75, 3.05) is 5.32 Å². The zero-order valence-electron chi connectivity index (χ0n) is 16.7. The molecule has 148 valence electrons. The normalized spacial score (nSPS) is 16.2. The van der Waals surface area contributed by atoms with Crippen LogP contribution in [0.3, 0.4) is 0 Å². The van der Waals surface area contributed by atoms with E-state index in [1.165, 1.54) is 0 Å². The molecule has 0 heterocycles. The van der Waals surface area contributed by atoms with Gasteiger partial charge in [-0.1, -0.05) is 51.0 Å². The van der Waals surface area contributed by atoms with Crippen LogP contribution in [0.4, 0.5) is 11.4 Å². The fourth-order valence-corrected chi connectivity index (χ4v) is 5.57. The molecule has 2 aromatic carbocycles. The van der Waals surface area contributed by atoms with Gasteiger partial charge < -0.3 is 15.1 Å². The summed E-state index contributed by atoms with van der Waals surface area (Å²) in [6.07, 6.45) is 0. The summed E-state index contributed by atoms with van der Waals surface area (Å²) in [6.45, 7) is 10.6. The Morgan fingerprint density at radius 3 is 1.37 bits per heavy atom. The Hall–Kier alpha value is -1.38. The molecular formula is C20H29NO4P2. The summed E-state index contributed by atoms with van der Waals surface area (Å²) < 4.78 is 25.9. The Morgan fingerprint density at radius 1 is 0.741 bits per heavy atom. The molecule has 0 spiro atoms. The minimum atomic E-state index is -3.60. The molecule has 2 unspecified atom stereocenters. The largest absolute Gasteiger partial charge is 0.354 e. The van der Waals surface area contributed by atoms with Gasteiger partial charge in [0.25, 0.3) is 0 Å². The lowest BCUT2D eigenvalue weighted by atomic mass is 10.2. The van der Waals surface area contributed by atoms with E-state index in [2.05, 4.69) is 5.32 Å². The van der Waals surface area contributed by atoms with Crippen molar-refractivity contribution in [2.24, 2.45) is 0 Å². The molecule has 0 saturated heterocycles. The van der Waals surface area contributed by atoms with E-state index in [0.717, 1.165) is 11.1 Å². The summed E-state index contributed by atoms with van der Waals surface area (Å²) in [7, 11) is -7.19. The smallest absolute Gasteiger partial charge is 0.234 e. The number of hydrogen-bond acceptors (Lipinski definition) is 3. The van der Waals surface area contributed by atoms with Gasteiger partial charge in [-0.2, -0.15) is 0 Å². The van der Waals surface area contributed by atoms with Crippen molar-refractivity contribution < 1.29 is 18.9 Å². The standard InChI is InChI=1S/C20H29NO4P2/c1-13(2)26(22,23)19-11-15(5)7-9-17(19)21-18-10-8-16(6)12-20(18)27(24,25)14(3)4/h7-14,21H,1-6H3,(H,22,23)(H,24,25). The molecule has 0 aliphatic rings. The van der Waals surface area contributed by atoms with Crippen molar-refractivity contribution in [1.82, 2.24) is 0 Å². The predicted octanol–water partition coefficient (Wildman–Crippen LogP) is 4.66. The number of anilines is 2. The lowest BCUT2D eigenvalue weighted by Crippen LogP contribution is -2.20. The monoisotopic (exact) mass is 409 g/mol. The van der Waals surface area contributed by atoms with Gasteiger partial charge in [0.2, 0.25) is 14.7 Å². The van der Waals surface area contributed by atoms with Gasteiger partial charge in [-0.05, 0) is 38.1 Å². The molecule has 0 radical (unpaired) electrons. The van der Waals surface area contributed by atoms with E-state index in [9.17, 15) is 18.9 Å². The molecule has 27 heavy (non-hydrogen) atoms. The fourth-order valence-electron chi connectivity index (χ4n) is 2.73. The quantitative estimate of drug-likeness (QED) is 0.605. The van der Waals surface area contributed by atoms with E-state index in [-0.39, 0.29) is 0 Å². The first-order valence-corrected chi connectivity index (χ1v) is 12.5. The second-order valence-electron chi connectivity index (χ2n) is 7.60. The van der Waals surface area contributed by atoms with E-state index >= 15 is 0 Å².